The molecule has 1 unspecified atom stereocenters. The molecule has 1 aliphatic heterocycles. The molecule has 0 bridgehead atoms. The summed E-state index contributed by atoms with van der Waals surface area (Å²) in [6.45, 7) is 3.88. The summed E-state index contributed by atoms with van der Waals surface area (Å²) in [6, 6.07) is 9.55. The van der Waals surface area contributed by atoms with Gasteiger partial charge in [-0.3, -0.25) is 4.79 Å². The van der Waals surface area contributed by atoms with Crippen LogP contribution in [0.5, 0.6) is 0 Å². The average molecular weight is 232 g/mol. The Morgan fingerprint density at radius 1 is 1.41 bits per heavy atom. The maximum absolute atomic E-state index is 12.4. The van der Waals surface area contributed by atoms with Crippen molar-refractivity contribution in [1.29, 1.82) is 0 Å². The van der Waals surface area contributed by atoms with Crippen molar-refractivity contribution < 1.29 is 4.79 Å². The van der Waals surface area contributed by atoms with Crippen LogP contribution in [-0.4, -0.2) is 36.5 Å². The van der Waals surface area contributed by atoms with Crippen LogP contribution < -0.4 is 5.32 Å². The van der Waals surface area contributed by atoms with Crippen molar-refractivity contribution in [3.8, 4) is 0 Å². The second-order valence-corrected chi connectivity index (χ2v) is 4.95. The number of carbonyl (C=O) groups is 1. The molecule has 2 rings (SSSR count). The fourth-order valence-corrected chi connectivity index (χ4v) is 2.67. The van der Waals surface area contributed by atoms with Gasteiger partial charge >= 0.3 is 0 Å². The van der Waals surface area contributed by atoms with Crippen molar-refractivity contribution >= 4 is 5.91 Å². The third-order valence-corrected chi connectivity index (χ3v) is 3.57. The second kappa shape index (κ2) is 4.88. The van der Waals surface area contributed by atoms with E-state index in [1.54, 1.807) is 0 Å². The van der Waals surface area contributed by atoms with E-state index in [2.05, 4.69) is 12.2 Å². The van der Waals surface area contributed by atoms with Crippen molar-refractivity contribution in [3.63, 3.8) is 0 Å². The van der Waals surface area contributed by atoms with Gasteiger partial charge in [0, 0.05) is 18.7 Å². The number of hydrogen-bond acceptors (Lipinski definition) is 2. The van der Waals surface area contributed by atoms with Gasteiger partial charge in [-0.05, 0) is 38.9 Å². The van der Waals surface area contributed by atoms with Crippen molar-refractivity contribution in [2.45, 2.75) is 25.3 Å². The normalized spacial score (nSPS) is 24.0. The molecule has 1 atom stereocenters. The number of likely N-dealkylation sites (tertiary alicyclic amines) is 1. The molecule has 0 saturated carbocycles. The number of nitrogens with zero attached hydrogens (tertiary/aromatic N) is 1. The van der Waals surface area contributed by atoms with Gasteiger partial charge in [0.15, 0.2) is 0 Å². The number of hydrogen-bond donors (Lipinski definition) is 1. The van der Waals surface area contributed by atoms with Crippen LogP contribution in [0.2, 0.25) is 0 Å². The van der Waals surface area contributed by atoms with Gasteiger partial charge in [0.1, 0.15) is 0 Å². The molecule has 1 N–H and O–H groups in total. The minimum atomic E-state index is -0.0400. The maximum Gasteiger partial charge on any atom is 0.254 e. The lowest BCUT2D eigenvalue weighted by Crippen LogP contribution is -2.50. The molecule has 1 amide bonds. The van der Waals surface area contributed by atoms with E-state index in [4.69, 9.17) is 0 Å². The van der Waals surface area contributed by atoms with E-state index in [9.17, 15) is 4.79 Å². The molecule has 0 spiro atoms. The fraction of sp³-hybridized carbons (Fsp3) is 0.500. The van der Waals surface area contributed by atoms with E-state index in [-0.39, 0.29) is 11.4 Å². The smallest absolute Gasteiger partial charge is 0.254 e. The van der Waals surface area contributed by atoms with Crippen LogP contribution in [0.15, 0.2) is 30.3 Å². The zero-order valence-corrected chi connectivity index (χ0v) is 10.6. The monoisotopic (exact) mass is 232 g/mol. The van der Waals surface area contributed by atoms with E-state index >= 15 is 0 Å². The summed E-state index contributed by atoms with van der Waals surface area (Å²) in [4.78, 5) is 14.4. The molecule has 1 aromatic rings. The van der Waals surface area contributed by atoms with Gasteiger partial charge in [-0.15, -0.1) is 0 Å². The fourth-order valence-electron chi connectivity index (χ4n) is 2.67. The van der Waals surface area contributed by atoms with Crippen molar-refractivity contribution in [1.82, 2.24) is 10.2 Å². The first kappa shape index (κ1) is 12.1. The first-order valence-corrected chi connectivity index (χ1v) is 6.19. The van der Waals surface area contributed by atoms with E-state index in [1.807, 2.05) is 42.3 Å². The van der Waals surface area contributed by atoms with Crippen LogP contribution >= 0.6 is 0 Å². The minimum Gasteiger partial charge on any atom is -0.332 e. The number of carbonyl (C=O) groups excluding carboxylic acids is 1. The first-order valence-electron chi connectivity index (χ1n) is 6.19. The lowest BCUT2D eigenvalue weighted by Gasteiger charge is -2.35. The summed E-state index contributed by atoms with van der Waals surface area (Å²) in [6.07, 6.45) is 2.17. The quantitative estimate of drug-likeness (QED) is 0.863. The van der Waals surface area contributed by atoms with E-state index < -0.39 is 0 Å². The van der Waals surface area contributed by atoms with Gasteiger partial charge in [0.2, 0.25) is 0 Å². The molecule has 0 radical (unpaired) electrons. The molecule has 0 aromatic heterocycles. The number of nitrogens with one attached hydrogen (secondary N) is 1. The summed E-state index contributed by atoms with van der Waals surface area (Å²) in [5.41, 5.74) is 0.749. The molecular formula is C14H20N2O. The van der Waals surface area contributed by atoms with Gasteiger partial charge in [-0.25, -0.2) is 0 Å². The lowest BCUT2D eigenvalue weighted by atomic mass is 9.98. The predicted octanol–water partition coefficient (Wildman–Crippen LogP) is 1.90. The highest BCUT2D eigenvalue weighted by atomic mass is 16.2. The van der Waals surface area contributed by atoms with Crippen molar-refractivity contribution in [3.05, 3.63) is 35.9 Å². The Morgan fingerprint density at radius 3 is 2.76 bits per heavy atom. The van der Waals surface area contributed by atoms with Gasteiger partial charge in [-0.1, -0.05) is 18.2 Å². The SMILES string of the molecule is CNCC1(C)CCCN1C(=O)c1ccccc1. The second-order valence-electron chi connectivity index (χ2n) is 4.95. The van der Waals surface area contributed by atoms with Crippen LogP contribution in [0, 0.1) is 0 Å². The van der Waals surface area contributed by atoms with Crippen LogP contribution in [0.25, 0.3) is 0 Å². The van der Waals surface area contributed by atoms with Crippen LogP contribution in [0.1, 0.15) is 30.1 Å². The third kappa shape index (κ3) is 2.34. The van der Waals surface area contributed by atoms with Gasteiger partial charge in [0.05, 0.1) is 5.54 Å². The van der Waals surface area contributed by atoms with E-state index in [0.29, 0.717) is 0 Å². The number of likely N-dealkylation sites (N-methyl/N-ethyl adjacent to an activating group) is 1. The van der Waals surface area contributed by atoms with Gasteiger partial charge in [0.25, 0.3) is 5.91 Å². The molecule has 1 aromatic carbocycles. The third-order valence-electron chi connectivity index (χ3n) is 3.57. The molecule has 1 saturated heterocycles. The summed E-state index contributed by atoms with van der Waals surface area (Å²) in [7, 11) is 1.94. The highest BCUT2D eigenvalue weighted by Gasteiger charge is 2.39. The Labute approximate surface area is 103 Å². The Hall–Kier alpha value is -1.35. The number of amides is 1. The molecular weight excluding hydrogens is 212 g/mol. The largest absolute Gasteiger partial charge is 0.332 e. The molecule has 1 fully saturated rings. The molecule has 92 valence electrons. The van der Waals surface area contributed by atoms with Crippen molar-refractivity contribution in [2.24, 2.45) is 0 Å². The van der Waals surface area contributed by atoms with Crippen molar-refractivity contribution in [2.75, 3.05) is 20.1 Å². The first-order chi connectivity index (χ1) is 8.17. The predicted molar refractivity (Wildman–Crippen MR) is 69.0 cm³/mol. The molecule has 0 aliphatic carbocycles. The zero-order valence-electron chi connectivity index (χ0n) is 10.6. The number of benzene rings is 1. The van der Waals surface area contributed by atoms with E-state index in [0.717, 1.165) is 31.5 Å². The molecule has 3 heteroatoms. The number of rotatable bonds is 3. The van der Waals surface area contributed by atoms with Gasteiger partial charge < -0.3 is 10.2 Å². The lowest BCUT2D eigenvalue weighted by molar-refractivity contribution is 0.0626. The topological polar surface area (TPSA) is 32.3 Å². The maximum atomic E-state index is 12.4. The average Bonchev–Trinajstić information content (AvgIpc) is 2.72. The standard InChI is InChI=1S/C14H20N2O/c1-14(11-15-2)9-6-10-16(14)13(17)12-7-4-3-5-8-12/h3-5,7-8,15H,6,9-11H2,1-2H3. The highest BCUT2D eigenvalue weighted by Crippen LogP contribution is 2.29. The summed E-state index contributed by atoms with van der Waals surface area (Å²) >= 11 is 0. The highest BCUT2D eigenvalue weighted by molar-refractivity contribution is 5.94. The molecule has 1 heterocycles. The Morgan fingerprint density at radius 2 is 2.12 bits per heavy atom. The van der Waals surface area contributed by atoms with E-state index in [1.165, 1.54) is 0 Å². The summed E-state index contributed by atoms with van der Waals surface area (Å²) in [5, 5.41) is 3.19. The summed E-state index contributed by atoms with van der Waals surface area (Å²) < 4.78 is 0. The Balaban J connectivity index is 2.19. The van der Waals surface area contributed by atoms with Crippen LogP contribution in [-0.2, 0) is 0 Å². The molecule has 17 heavy (non-hydrogen) atoms. The molecule has 3 nitrogen and oxygen atoms in total. The Kier molecular flexibility index (Phi) is 3.48. The summed E-state index contributed by atoms with van der Waals surface area (Å²) in [5.74, 6) is 0.154. The molecule has 1 aliphatic rings. The van der Waals surface area contributed by atoms with Crippen LogP contribution in [0.4, 0.5) is 0 Å². The van der Waals surface area contributed by atoms with Gasteiger partial charge in [-0.2, -0.15) is 0 Å². The minimum absolute atomic E-state index is 0.0400. The Bertz CT molecular complexity index is 390. The zero-order chi connectivity index (χ0) is 12.3. The van der Waals surface area contributed by atoms with Crippen LogP contribution in [0.3, 0.4) is 0 Å².